The van der Waals surface area contributed by atoms with Crippen molar-refractivity contribution in [3.05, 3.63) is 12.2 Å². The van der Waals surface area contributed by atoms with Gasteiger partial charge in [-0.1, -0.05) is 5.92 Å². The lowest BCUT2D eigenvalue weighted by molar-refractivity contribution is 1.03. The Labute approximate surface area is 58.8 Å². The summed E-state index contributed by atoms with van der Waals surface area (Å²) in [4.78, 5) is 3.81. The van der Waals surface area contributed by atoms with E-state index in [1.165, 1.54) is 6.33 Å². The second kappa shape index (κ2) is 3.64. The number of rotatable bonds is 1. The molecule has 0 saturated carbocycles. The minimum Gasteiger partial charge on any atom is -0.330 e. The van der Waals surface area contributed by atoms with Crippen LogP contribution in [0, 0.1) is 11.8 Å². The monoisotopic (exact) mass is 136 g/mol. The maximum absolute atomic E-state index is 5.22. The molecule has 4 heteroatoms. The lowest BCUT2D eigenvalue weighted by atomic mass is 10.4. The third-order valence-electron chi connectivity index (χ3n) is 0.891. The van der Waals surface area contributed by atoms with E-state index in [0.717, 1.165) is 0 Å². The molecule has 52 valence electrons. The fourth-order valence-corrected chi connectivity index (χ4v) is 0.484. The topological polar surface area (TPSA) is 67.6 Å². The Balaban J connectivity index is 2.49. The summed E-state index contributed by atoms with van der Waals surface area (Å²) in [6.45, 7) is 0.584. The van der Waals surface area contributed by atoms with Crippen molar-refractivity contribution in [2.24, 2.45) is 5.73 Å². The average Bonchev–Trinajstić information content (AvgIpc) is 2.41. The van der Waals surface area contributed by atoms with Crippen molar-refractivity contribution in [2.75, 3.05) is 6.54 Å². The first-order valence-electron chi connectivity index (χ1n) is 2.98. The van der Waals surface area contributed by atoms with Gasteiger partial charge in [0.1, 0.15) is 6.33 Å². The number of aromatic amines is 1. The molecular weight excluding hydrogens is 128 g/mol. The largest absolute Gasteiger partial charge is 0.330 e. The number of aromatic nitrogens is 3. The fourth-order valence-electron chi connectivity index (χ4n) is 0.484. The summed E-state index contributed by atoms with van der Waals surface area (Å²) in [5.41, 5.74) is 5.22. The second-order valence-electron chi connectivity index (χ2n) is 1.67. The molecule has 1 heterocycles. The number of nitrogens with zero attached hydrogens (tertiary/aromatic N) is 2. The number of nitrogens with one attached hydrogen (secondary N) is 1. The van der Waals surface area contributed by atoms with Gasteiger partial charge in [-0.2, -0.15) is 5.10 Å². The molecule has 1 aromatic rings. The summed E-state index contributed by atoms with van der Waals surface area (Å²) >= 11 is 0. The predicted octanol–water partition coefficient (Wildman–Crippen LogP) is -0.495. The van der Waals surface area contributed by atoms with Crippen molar-refractivity contribution in [1.29, 1.82) is 0 Å². The molecule has 0 aliphatic carbocycles. The lowest BCUT2D eigenvalue weighted by Gasteiger charge is -1.77. The van der Waals surface area contributed by atoms with Crippen LogP contribution in [0.4, 0.5) is 0 Å². The molecular formula is C6H8N4. The van der Waals surface area contributed by atoms with Crippen molar-refractivity contribution in [1.82, 2.24) is 15.2 Å². The first-order valence-corrected chi connectivity index (χ1v) is 2.98. The highest BCUT2D eigenvalue weighted by atomic mass is 15.2. The van der Waals surface area contributed by atoms with Gasteiger partial charge in [-0.05, 0) is 5.92 Å². The van der Waals surface area contributed by atoms with Crippen LogP contribution >= 0.6 is 0 Å². The van der Waals surface area contributed by atoms with Crippen LogP contribution in [-0.2, 0) is 0 Å². The third-order valence-corrected chi connectivity index (χ3v) is 0.891. The quantitative estimate of drug-likeness (QED) is 0.512. The van der Waals surface area contributed by atoms with E-state index in [1.54, 1.807) is 0 Å². The van der Waals surface area contributed by atoms with Crippen molar-refractivity contribution in [3.63, 3.8) is 0 Å². The number of H-pyrrole nitrogens is 1. The van der Waals surface area contributed by atoms with Crippen LogP contribution < -0.4 is 5.73 Å². The van der Waals surface area contributed by atoms with Gasteiger partial charge in [-0.15, -0.1) is 0 Å². The van der Waals surface area contributed by atoms with Crippen molar-refractivity contribution < 1.29 is 0 Å². The van der Waals surface area contributed by atoms with Crippen LogP contribution in [0.5, 0.6) is 0 Å². The first-order chi connectivity index (χ1) is 4.93. The highest BCUT2D eigenvalue weighted by Crippen LogP contribution is 1.79. The van der Waals surface area contributed by atoms with Crippen LogP contribution in [0.2, 0.25) is 0 Å². The molecule has 10 heavy (non-hydrogen) atoms. The SMILES string of the molecule is NCCC#Cc1ncn[nH]1. The van der Waals surface area contributed by atoms with Gasteiger partial charge in [0.2, 0.25) is 5.82 Å². The molecule has 0 aliphatic heterocycles. The zero-order chi connectivity index (χ0) is 7.23. The Hall–Kier alpha value is -1.34. The van der Waals surface area contributed by atoms with Gasteiger partial charge in [0.15, 0.2) is 0 Å². The maximum Gasteiger partial charge on any atom is 0.200 e. The van der Waals surface area contributed by atoms with Crippen LogP contribution in [0.15, 0.2) is 6.33 Å². The molecule has 4 nitrogen and oxygen atoms in total. The van der Waals surface area contributed by atoms with Crippen molar-refractivity contribution in [2.45, 2.75) is 6.42 Å². The summed E-state index contributed by atoms with van der Waals surface area (Å²) in [5.74, 6) is 6.19. The molecule has 3 N–H and O–H groups in total. The van der Waals surface area contributed by atoms with Crippen molar-refractivity contribution in [3.8, 4) is 11.8 Å². The lowest BCUT2D eigenvalue weighted by Crippen LogP contribution is -1.95. The summed E-state index contributed by atoms with van der Waals surface area (Å²) in [6, 6.07) is 0. The van der Waals surface area contributed by atoms with E-state index in [4.69, 9.17) is 5.73 Å². The van der Waals surface area contributed by atoms with Gasteiger partial charge in [-0.3, -0.25) is 5.10 Å². The Bertz CT molecular complexity index is 228. The zero-order valence-corrected chi connectivity index (χ0v) is 5.46. The summed E-state index contributed by atoms with van der Waals surface area (Å²) in [5, 5.41) is 6.25. The van der Waals surface area contributed by atoms with Gasteiger partial charge in [0.05, 0.1) is 0 Å². The van der Waals surface area contributed by atoms with Crippen LogP contribution in [0.3, 0.4) is 0 Å². The molecule has 0 aliphatic rings. The smallest absolute Gasteiger partial charge is 0.200 e. The van der Waals surface area contributed by atoms with E-state index in [9.17, 15) is 0 Å². The molecule has 0 saturated heterocycles. The maximum atomic E-state index is 5.22. The van der Waals surface area contributed by atoms with E-state index >= 15 is 0 Å². The normalized spacial score (nSPS) is 8.50. The molecule has 0 radical (unpaired) electrons. The Morgan fingerprint density at radius 1 is 1.70 bits per heavy atom. The van der Waals surface area contributed by atoms with Gasteiger partial charge in [0, 0.05) is 13.0 Å². The molecule has 0 spiro atoms. The molecule has 1 rings (SSSR count). The summed E-state index contributed by atoms with van der Waals surface area (Å²) in [6.07, 6.45) is 2.12. The van der Waals surface area contributed by atoms with Gasteiger partial charge >= 0.3 is 0 Å². The van der Waals surface area contributed by atoms with E-state index in [1.807, 2.05) is 0 Å². The van der Waals surface area contributed by atoms with E-state index in [-0.39, 0.29) is 0 Å². The van der Waals surface area contributed by atoms with Crippen LogP contribution in [0.25, 0.3) is 0 Å². The van der Waals surface area contributed by atoms with Gasteiger partial charge < -0.3 is 5.73 Å². The zero-order valence-electron chi connectivity index (χ0n) is 5.46. The molecule has 0 unspecified atom stereocenters. The van der Waals surface area contributed by atoms with Gasteiger partial charge in [0.25, 0.3) is 0 Å². The number of nitrogens with two attached hydrogens (primary N) is 1. The van der Waals surface area contributed by atoms with E-state index < -0.39 is 0 Å². The Morgan fingerprint density at radius 3 is 3.20 bits per heavy atom. The van der Waals surface area contributed by atoms with E-state index in [0.29, 0.717) is 18.8 Å². The standard InChI is InChI=1S/C6H8N4/c7-4-2-1-3-6-8-5-9-10-6/h5H,2,4,7H2,(H,8,9,10). The molecule has 0 bridgehead atoms. The van der Waals surface area contributed by atoms with Crippen LogP contribution in [0.1, 0.15) is 12.2 Å². The fraction of sp³-hybridized carbons (Fsp3) is 0.333. The summed E-state index contributed by atoms with van der Waals surface area (Å²) in [7, 11) is 0. The number of hydrogen-bond acceptors (Lipinski definition) is 3. The molecule has 0 fully saturated rings. The third kappa shape index (κ3) is 1.88. The second-order valence-corrected chi connectivity index (χ2v) is 1.67. The Morgan fingerprint density at radius 2 is 2.60 bits per heavy atom. The predicted molar refractivity (Wildman–Crippen MR) is 36.9 cm³/mol. The van der Waals surface area contributed by atoms with Crippen LogP contribution in [-0.4, -0.2) is 21.7 Å². The number of hydrogen-bond donors (Lipinski definition) is 2. The van der Waals surface area contributed by atoms with Gasteiger partial charge in [-0.25, -0.2) is 4.98 Å². The Kier molecular flexibility index (Phi) is 2.47. The minimum atomic E-state index is 0.584. The first kappa shape index (κ1) is 6.78. The molecule has 0 amide bonds. The highest BCUT2D eigenvalue weighted by molar-refractivity contribution is 5.18. The molecule has 0 aromatic carbocycles. The summed E-state index contributed by atoms with van der Waals surface area (Å²) < 4.78 is 0. The van der Waals surface area contributed by atoms with E-state index in [2.05, 4.69) is 27.0 Å². The molecule has 0 atom stereocenters. The average molecular weight is 136 g/mol. The van der Waals surface area contributed by atoms with Crippen molar-refractivity contribution >= 4 is 0 Å². The highest BCUT2D eigenvalue weighted by Gasteiger charge is 1.83. The minimum absolute atomic E-state index is 0.584. The molecule has 1 aromatic heterocycles.